The van der Waals surface area contributed by atoms with Gasteiger partial charge < -0.3 is 10.2 Å². The fourth-order valence-electron chi connectivity index (χ4n) is 5.27. The molecule has 2 atom stereocenters. The summed E-state index contributed by atoms with van der Waals surface area (Å²) in [6, 6.07) is 11.9. The number of nitrogens with one attached hydrogen (secondary N) is 1. The number of carbonyl (C=O) groups excluding carboxylic acids is 2. The lowest BCUT2D eigenvalue weighted by atomic mass is 9.64. The third-order valence-corrected chi connectivity index (χ3v) is 8.41. The maximum Gasteiger partial charge on any atom is 0.365 e. The summed E-state index contributed by atoms with van der Waals surface area (Å²) in [4.78, 5) is 31.3. The van der Waals surface area contributed by atoms with E-state index in [1.165, 1.54) is 0 Å². The summed E-state index contributed by atoms with van der Waals surface area (Å²) in [7, 11) is 0. The summed E-state index contributed by atoms with van der Waals surface area (Å²) in [6.45, 7) is 8.24. The molecule has 2 unspecified atom stereocenters. The highest BCUT2D eigenvalue weighted by Gasteiger charge is 2.71. The van der Waals surface area contributed by atoms with Gasteiger partial charge in [0, 0.05) is 27.6 Å². The second kappa shape index (κ2) is 7.89. The van der Waals surface area contributed by atoms with Gasteiger partial charge in [-0.15, -0.1) is 0 Å². The lowest BCUT2D eigenvalue weighted by molar-refractivity contribution is -0.130. The molecule has 0 heterocycles. The number of halogens is 2. The largest absolute Gasteiger partial charge is 0.365 e. The van der Waals surface area contributed by atoms with Crippen molar-refractivity contribution in [2.45, 2.75) is 47.0 Å². The molecule has 0 saturated heterocycles. The van der Waals surface area contributed by atoms with Gasteiger partial charge in [-0.2, -0.15) is 0 Å². The molecule has 32 heavy (non-hydrogen) atoms. The molecule has 2 aromatic rings. The molecule has 2 saturated carbocycles. The van der Waals surface area contributed by atoms with Gasteiger partial charge in [0.15, 0.2) is 0 Å². The Morgan fingerprint density at radius 2 is 1.66 bits per heavy atom. The molecule has 0 radical (unpaired) electrons. The Labute approximate surface area is 198 Å². The van der Waals surface area contributed by atoms with Crippen LogP contribution in [0.2, 0.25) is 10.0 Å². The first-order chi connectivity index (χ1) is 15.0. The number of fused-ring (bicyclic) bond motifs is 2. The van der Waals surface area contributed by atoms with Crippen LogP contribution in [0.5, 0.6) is 0 Å². The SMILES string of the molecule is Cc1cc(Cl)ccc1NC(=O)C12CCC(C)(/C(=N\OC(=O)c3ccc(Cl)cc3)C1)C2(C)C. The van der Waals surface area contributed by atoms with Crippen LogP contribution in [0.25, 0.3) is 0 Å². The molecule has 4 rings (SSSR count). The van der Waals surface area contributed by atoms with Gasteiger partial charge >= 0.3 is 5.97 Å². The number of carbonyl (C=O) groups is 2. The van der Waals surface area contributed by atoms with Crippen LogP contribution in [0.3, 0.4) is 0 Å². The van der Waals surface area contributed by atoms with Gasteiger partial charge in [0.2, 0.25) is 5.91 Å². The Morgan fingerprint density at radius 3 is 2.31 bits per heavy atom. The molecule has 7 heteroatoms. The zero-order valence-corrected chi connectivity index (χ0v) is 20.1. The number of amides is 1. The minimum absolute atomic E-state index is 0.0362. The number of benzene rings is 2. The van der Waals surface area contributed by atoms with E-state index in [4.69, 9.17) is 28.0 Å². The summed E-state index contributed by atoms with van der Waals surface area (Å²) in [5, 5.41) is 8.56. The molecule has 0 aliphatic heterocycles. The van der Waals surface area contributed by atoms with Crippen LogP contribution < -0.4 is 5.32 Å². The molecule has 0 spiro atoms. The van der Waals surface area contributed by atoms with Gasteiger partial charge in [0.05, 0.1) is 16.7 Å². The summed E-state index contributed by atoms with van der Waals surface area (Å²) in [5.74, 6) is -0.584. The highest BCUT2D eigenvalue weighted by atomic mass is 35.5. The second-order valence-corrected chi connectivity index (χ2v) is 10.4. The van der Waals surface area contributed by atoms with Crippen molar-refractivity contribution in [1.29, 1.82) is 0 Å². The number of anilines is 1. The van der Waals surface area contributed by atoms with E-state index in [1.54, 1.807) is 30.3 Å². The van der Waals surface area contributed by atoms with Crippen molar-refractivity contribution >= 4 is 46.5 Å². The molecular formula is C25H26Cl2N2O3. The molecule has 0 aromatic heterocycles. The lowest BCUT2D eigenvalue weighted by Crippen LogP contribution is -2.43. The van der Waals surface area contributed by atoms with Crippen LogP contribution in [0.15, 0.2) is 47.6 Å². The first-order valence-corrected chi connectivity index (χ1v) is 11.4. The summed E-state index contributed by atoms with van der Waals surface area (Å²) >= 11 is 11.9. The minimum atomic E-state index is -0.640. The topological polar surface area (TPSA) is 67.8 Å². The molecule has 2 aliphatic carbocycles. The normalized spacial score (nSPS) is 26.9. The summed E-state index contributed by atoms with van der Waals surface area (Å²) in [5.41, 5.74) is 1.42. The van der Waals surface area contributed by atoms with Gasteiger partial charge in [0.1, 0.15) is 0 Å². The second-order valence-electron chi connectivity index (χ2n) is 9.55. The first-order valence-electron chi connectivity index (χ1n) is 10.6. The zero-order chi connectivity index (χ0) is 23.3. The average Bonchev–Trinajstić information content (AvgIpc) is 3.05. The third kappa shape index (κ3) is 3.43. The predicted octanol–water partition coefficient (Wildman–Crippen LogP) is 6.67. The van der Waals surface area contributed by atoms with E-state index in [9.17, 15) is 9.59 Å². The number of rotatable bonds is 4. The van der Waals surface area contributed by atoms with Gasteiger partial charge in [-0.1, -0.05) is 49.1 Å². The summed E-state index contributed by atoms with van der Waals surface area (Å²) in [6.07, 6.45) is 1.99. The molecule has 1 amide bonds. The number of hydrogen-bond donors (Lipinski definition) is 1. The Morgan fingerprint density at radius 1 is 1.00 bits per heavy atom. The molecule has 2 fully saturated rings. The van der Waals surface area contributed by atoms with Crippen LogP contribution in [-0.4, -0.2) is 17.6 Å². The number of oxime groups is 1. The quantitative estimate of drug-likeness (QED) is 0.398. The fourth-order valence-corrected chi connectivity index (χ4v) is 5.62. The van der Waals surface area contributed by atoms with Crippen molar-refractivity contribution in [3.05, 3.63) is 63.6 Å². The number of nitrogens with zero attached hydrogens (tertiary/aromatic N) is 1. The lowest BCUT2D eigenvalue weighted by Gasteiger charge is -2.39. The van der Waals surface area contributed by atoms with Crippen molar-refractivity contribution in [2.24, 2.45) is 21.4 Å². The van der Waals surface area contributed by atoms with E-state index < -0.39 is 11.4 Å². The van der Waals surface area contributed by atoms with E-state index in [1.807, 2.05) is 19.1 Å². The van der Waals surface area contributed by atoms with Crippen LogP contribution in [0.1, 0.15) is 56.0 Å². The molecule has 2 bridgehead atoms. The first kappa shape index (κ1) is 22.8. The van der Waals surface area contributed by atoms with Crippen molar-refractivity contribution in [3.8, 4) is 0 Å². The fraction of sp³-hybridized carbons (Fsp3) is 0.400. The van der Waals surface area contributed by atoms with E-state index in [0.29, 0.717) is 22.0 Å². The van der Waals surface area contributed by atoms with Crippen LogP contribution in [-0.2, 0) is 9.63 Å². The monoisotopic (exact) mass is 472 g/mol. The van der Waals surface area contributed by atoms with Crippen LogP contribution in [0.4, 0.5) is 5.69 Å². The molecule has 2 aromatic carbocycles. The zero-order valence-electron chi connectivity index (χ0n) is 18.6. The van der Waals surface area contributed by atoms with E-state index in [-0.39, 0.29) is 16.7 Å². The summed E-state index contributed by atoms with van der Waals surface area (Å²) < 4.78 is 0. The van der Waals surface area contributed by atoms with Crippen molar-refractivity contribution in [3.63, 3.8) is 0 Å². The molecule has 1 N–H and O–H groups in total. The maximum absolute atomic E-state index is 13.6. The number of aryl methyl sites for hydroxylation is 1. The van der Waals surface area contributed by atoms with Gasteiger partial charge in [-0.05, 0) is 73.2 Å². The van der Waals surface area contributed by atoms with Crippen molar-refractivity contribution in [1.82, 2.24) is 0 Å². The highest BCUT2D eigenvalue weighted by Crippen LogP contribution is 2.71. The van der Waals surface area contributed by atoms with E-state index in [0.717, 1.165) is 29.8 Å². The molecule has 5 nitrogen and oxygen atoms in total. The minimum Gasteiger partial charge on any atom is -0.325 e. The number of hydrogen-bond acceptors (Lipinski definition) is 4. The van der Waals surface area contributed by atoms with Gasteiger partial charge in [-0.25, -0.2) is 4.79 Å². The average molecular weight is 473 g/mol. The third-order valence-electron chi connectivity index (χ3n) is 7.92. The molecule has 2 aliphatic rings. The predicted molar refractivity (Wildman–Crippen MR) is 127 cm³/mol. The Balaban J connectivity index is 1.59. The maximum atomic E-state index is 13.6. The van der Waals surface area contributed by atoms with Gasteiger partial charge in [0.25, 0.3) is 0 Å². The smallest absolute Gasteiger partial charge is 0.325 e. The van der Waals surface area contributed by atoms with E-state index in [2.05, 4.69) is 31.2 Å². The van der Waals surface area contributed by atoms with E-state index >= 15 is 0 Å². The molecule has 168 valence electrons. The Bertz CT molecular complexity index is 1130. The standard InChI is InChI=1S/C25H26Cl2N2O3/c1-15-13-18(27)9-10-19(15)28-22(31)25-12-11-24(4,23(25,2)3)20(14-25)29-32-21(30)16-5-7-17(26)8-6-16/h5-10,13H,11-12,14H2,1-4H3,(H,28,31)/b29-20-. The highest BCUT2D eigenvalue weighted by molar-refractivity contribution is 6.31. The van der Waals surface area contributed by atoms with Crippen LogP contribution >= 0.6 is 23.2 Å². The van der Waals surface area contributed by atoms with Crippen molar-refractivity contribution in [2.75, 3.05) is 5.32 Å². The van der Waals surface area contributed by atoms with Crippen LogP contribution in [0, 0.1) is 23.2 Å². The van der Waals surface area contributed by atoms with Gasteiger partial charge in [-0.3, -0.25) is 4.79 Å². The Hall–Kier alpha value is -2.37. The Kier molecular flexibility index (Phi) is 5.62. The molecular weight excluding hydrogens is 447 g/mol. The van der Waals surface area contributed by atoms with Crippen molar-refractivity contribution < 1.29 is 14.4 Å².